The van der Waals surface area contributed by atoms with Gasteiger partial charge in [-0.3, -0.25) is 19.5 Å². The predicted octanol–water partition coefficient (Wildman–Crippen LogP) is 2.00. The van der Waals surface area contributed by atoms with Gasteiger partial charge in [-0.15, -0.1) is 0 Å². The highest BCUT2D eigenvalue weighted by molar-refractivity contribution is 6.07. The van der Waals surface area contributed by atoms with Gasteiger partial charge >= 0.3 is 5.97 Å². The molecule has 0 aliphatic heterocycles. The van der Waals surface area contributed by atoms with Crippen LogP contribution in [0.1, 0.15) is 26.4 Å². The van der Waals surface area contributed by atoms with Crippen molar-refractivity contribution in [2.45, 2.75) is 6.54 Å². The van der Waals surface area contributed by atoms with E-state index in [4.69, 9.17) is 5.11 Å². The van der Waals surface area contributed by atoms with Crippen LogP contribution in [0.25, 0.3) is 0 Å². The average molecular weight is 368 g/mol. The summed E-state index contributed by atoms with van der Waals surface area (Å²) in [5, 5.41) is 21.4. The van der Waals surface area contributed by atoms with Crippen molar-refractivity contribution in [2.75, 3.05) is 12.4 Å². The minimum Gasteiger partial charge on any atom is -0.476 e. The molecule has 0 aliphatic carbocycles. The number of carboxylic acids is 1. The maximum absolute atomic E-state index is 12.5. The van der Waals surface area contributed by atoms with Crippen molar-refractivity contribution in [1.29, 1.82) is 0 Å². The van der Waals surface area contributed by atoms with Crippen molar-refractivity contribution in [3.8, 4) is 0 Å². The van der Waals surface area contributed by atoms with Crippen LogP contribution < -0.4 is 5.32 Å². The standard InChI is InChI=1S/C18H20N6O3/c1-19-8-5-9-20-23(2)11-13-6-4-7-14(10-13)17(25)21-15-12-24(3)22-16(15)18(26)27/h4-10,12H,1,11H2,2-3H3,(H,21,25)(H,26,27)/b8-5+,20-9+. The Labute approximate surface area is 156 Å². The van der Waals surface area contributed by atoms with E-state index in [0.29, 0.717) is 12.1 Å². The van der Waals surface area contributed by atoms with E-state index < -0.39 is 11.9 Å². The maximum Gasteiger partial charge on any atom is 0.358 e. The number of hydrazone groups is 1. The van der Waals surface area contributed by atoms with Gasteiger partial charge in [0.25, 0.3) is 5.91 Å². The number of allylic oxidation sites excluding steroid dienone is 1. The lowest BCUT2D eigenvalue weighted by molar-refractivity contribution is 0.0690. The number of anilines is 1. The van der Waals surface area contributed by atoms with Gasteiger partial charge in [0.05, 0.1) is 12.2 Å². The van der Waals surface area contributed by atoms with Crippen LogP contribution in [0.5, 0.6) is 0 Å². The molecule has 1 heterocycles. The van der Waals surface area contributed by atoms with E-state index in [1.165, 1.54) is 17.1 Å². The first-order valence-corrected chi connectivity index (χ1v) is 7.94. The molecule has 2 aromatic rings. The summed E-state index contributed by atoms with van der Waals surface area (Å²) in [5.74, 6) is -1.63. The van der Waals surface area contributed by atoms with Crippen molar-refractivity contribution in [3.63, 3.8) is 0 Å². The molecule has 9 heteroatoms. The number of hydrogen-bond donors (Lipinski definition) is 2. The molecule has 0 spiro atoms. The van der Waals surface area contributed by atoms with Crippen LogP contribution in [-0.4, -0.2) is 51.8 Å². The molecule has 0 atom stereocenters. The third-order valence-corrected chi connectivity index (χ3v) is 3.42. The Kier molecular flexibility index (Phi) is 6.59. The minimum absolute atomic E-state index is 0.143. The molecule has 27 heavy (non-hydrogen) atoms. The molecule has 0 saturated heterocycles. The number of amides is 1. The number of nitrogens with zero attached hydrogens (tertiary/aromatic N) is 5. The highest BCUT2D eigenvalue weighted by atomic mass is 16.4. The third kappa shape index (κ3) is 5.63. The van der Waals surface area contributed by atoms with E-state index in [1.54, 1.807) is 49.6 Å². The van der Waals surface area contributed by atoms with Crippen molar-refractivity contribution < 1.29 is 14.7 Å². The van der Waals surface area contributed by atoms with Crippen LogP contribution in [0.4, 0.5) is 5.69 Å². The second-order valence-electron chi connectivity index (χ2n) is 5.63. The Bertz CT molecular complexity index is 900. The van der Waals surface area contributed by atoms with Gasteiger partial charge in [0.2, 0.25) is 0 Å². The van der Waals surface area contributed by atoms with Crippen molar-refractivity contribution in [1.82, 2.24) is 14.8 Å². The predicted molar refractivity (Wildman–Crippen MR) is 103 cm³/mol. The molecule has 0 radical (unpaired) electrons. The molecule has 0 aliphatic rings. The first-order valence-electron chi connectivity index (χ1n) is 7.94. The lowest BCUT2D eigenvalue weighted by atomic mass is 10.1. The topological polar surface area (TPSA) is 112 Å². The second-order valence-corrected chi connectivity index (χ2v) is 5.63. The Morgan fingerprint density at radius 2 is 2.22 bits per heavy atom. The van der Waals surface area contributed by atoms with E-state index in [0.717, 1.165) is 5.56 Å². The highest BCUT2D eigenvalue weighted by Crippen LogP contribution is 2.15. The Morgan fingerprint density at radius 1 is 1.44 bits per heavy atom. The summed E-state index contributed by atoms with van der Waals surface area (Å²) < 4.78 is 1.33. The summed E-state index contributed by atoms with van der Waals surface area (Å²) >= 11 is 0. The van der Waals surface area contributed by atoms with E-state index >= 15 is 0 Å². The first kappa shape index (κ1) is 19.6. The number of aromatic nitrogens is 2. The molecule has 0 fully saturated rings. The maximum atomic E-state index is 12.5. The van der Waals surface area contributed by atoms with Gasteiger partial charge in [-0.05, 0) is 30.5 Å². The monoisotopic (exact) mass is 368 g/mol. The number of aryl methyl sites for hydroxylation is 1. The summed E-state index contributed by atoms with van der Waals surface area (Å²) in [4.78, 5) is 27.2. The summed E-state index contributed by atoms with van der Waals surface area (Å²) in [6, 6.07) is 7.00. The lowest BCUT2D eigenvalue weighted by Crippen LogP contribution is -2.15. The van der Waals surface area contributed by atoms with Gasteiger partial charge in [-0.1, -0.05) is 12.1 Å². The molecule has 1 aromatic carbocycles. The molecule has 9 nitrogen and oxygen atoms in total. The fraction of sp³-hybridized carbons (Fsp3) is 0.167. The van der Waals surface area contributed by atoms with E-state index in [-0.39, 0.29) is 11.4 Å². The minimum atomic E-state index is -1.21. The molecular formula is C18H20N6O3. The Hall–Kier alpha value is -3.75. The number of aromatic carboxylic acids is 1. The zero-order chi connectivity index (χ0) is 19.8. The number of benzene rings is 1. The number of hydrogen-bond acceptors (Lipinski definition) is 6. The van der Waals surface area contributed by atoms with Crippen LogP contribution in [0.15, 0.2) is 52.8 Å². The van der Waals surface area contributed by atoms with Crippen molar-refractivity contribution >= 4 is 30.5 Å². The molecule has 1 amide bonds. The van der Waals surface area contributed by atoms with Gasteiger partial charge in [-0.25, -0.2) is 4.79 Å². The van der Waals surface area contributed by atoms with Crippen LogP contribution in [0.3, 0.4) is 0 Å². The van der Waals surface area contributed by atoms with E-state index in [1.807, 2.05) is 6.07 Å². The summed E-state index contributed by atoms with van der Waals surface area (Å²) in [5.41, 5.74) is 1.21. The normalized spacial score (nSPS) is 11.0. The first-order chi connectivity index (χ1) is 12.9. The van der Waals surface area contributed by atoms with Crippen LogP contribution in [0.2, 0.25) is 0 Å². The molecular weight excluding hydrogens is 348 g/mol. The Morgan fingerprint density at radius 3 is 2.93 bits per heavy atom. The molecule has 2 N–H and O–H groups in total. The number of rotatable bonds is 8. The smallest absolute Gasteiger partial charge is 0.358 e. The van der Waals surface area contributed by atoms with Crippen LogP contribution in [-0.2, 0) is 13.6 Å². The molecule has 0 unspecified atom stereocenters. The number of aliphatic imine (C=N–C) groups is 1. The summed E-state index contributed by atoms with van der Waals surface area (Å²) in [6.45, 7) is 3.82. The quantitative estimate of drug-likeness (QED) is 0.547. The zero-order valence-corrected chi connectivity index (χ0v) is 15.0. The number of nitrogens with one attached hydrogen (secondary N) is 1. The summed E-state index contributed by atoms with van der Waals surface area (Å²) in [7, 11) is 3.38. The SMILES string of the molecule is C=N/C=C/C=N/N(C)Cc1cccc(C(=O)Nc2cn(C)nc2C(=O)O)c1. The molecule has 0 bridgehead atoms. The lowest BCUT2D eigenvalue weighted by Gasteiger charge is -2.13. The zero-order valence-electron chi connectivity index (χ0n) is 15.0. The van der Waals surface area contributed by atoms with E-state index in [9.17, 15) is 9.59 Å². The average Bonchev–Trinajstić information content (AvgIpc) is 2.99. The van der Waals surface area contributed by atoms with Crippen molar-refractivity contribution in [3.05, 3.63) is 59.6 Å². The highest BCUT2D eigenvalue weighted by Gasteiger charge is 2.17. The largest absolute Gasteiger partial charge is 0.476 e. The fourth-order valence-corrected chi connectivity index (χ4v) is 2.30. The van der Waals surface area contributed by atoms with Gasteiger partial charge in [0, 0.05) is 38.3 Å². The van der Waals surface area contributed by atoms with Crippen LogP contribution >= 0.6 is 0 Å². The molecule has 1 aromatic heterocycles. The van der Waals surface area contributed by atoms with Crippen molar-refractivity contribution in [2.24, 2.45) is 17.1 Å². The molecule has 0 saturated carbocycles. The van der Waals surface area contributed by atoms with Gasteiger partial charge in [0.1, 0.15) is 0 Å². The Balaban J connectivity index is 2.09. The third-order valence-electron chi connectivity index (χ3n) is 3.42. The van der Waals surface area contributed by atoms with Gasteiger partial charge in [0.15, 0.2) is 5.69 Å². The molecule has 140 valence electrons. The van der Waals surface area contributed by atoms with Gasteiger partial charge in [-0.2, -0.15) is 10.2 Å². The number of carboxylic acid groups (broad SMARTS) is 1. The van der Waals surface area contributed by atoms with E-state index in [2.05, 4.69) is 27.2 Å². The van der Waals surface area contributed by atoms with Gasteiger partial charge < -0.3 is 10.4 Å². The second kappa shape index (κ2) is 9.09. The molecule has 2 rings (SSSR count). The number of carbonyl (C=O) groups is 2. The fourth-order valence-electron chi connectivity index (χ4n) is 2.30. The van der Waals surface area contributed by atoms with Crippen LogP contribution in [0, 0.1) is 0 Å². The number of carbonyl (C=O) groups excluding carboxylic acids is 1. The summed E-state index contributed by atoms with van der Waals surface area (Å²) in [6.07, 6.45) is 6.20.